The SMILES string of the molecule is Cc1noc(C)c1COc1cccc(C(=O)N(C)CC(=O)NC(C)(C)C)c1. The topological polar surface area (TPSA) is 84.7 Å². The Morgan fingerprint density at radius 3 is 2.56 bits per heavy atom. The van der Waals surface area contributed by atoms with Gasteiger partial charge >= 0.3 is 0 Å². The van der Waals surface area contributed by atoms with Gasteiger partial charge in [-0.3, -0.25) is 9.59 Å². The first-order valence-corrected chi connectivity index (χ1v) is 8.78. The molecule has 2 aromatic rings. The van der Waals surface area contributed by atoms with Crippen molar-refractivity contribution in [2.75, 3.05) is 13.6 Å². The van der Waals surface area contributed by atoms with E-state index in [4.69, 9.17) is 9.26 Å². The Morgan fingerprint density at radius 2 is 1.96 bits per heavy atom. The third-order valence-electron chi connectivity index (χ3n) is 3.89. The smallest absolute Gasteiger partial charge is 0.254 e. The third kappa shape index (κ3) is 5.84. The van der Waals surface area contributed by atoms with Crippen LogP contribution < -0.4 is 10.1 Å². The highest BCUT2D eigenvalue weighted by atomic mass is 16.5. The van der Waals surface area contributed by atoms with Crippen LogP contribution in [0.4, 0.5) is 0 Å². The van der Waals surface area contributed by atoms with Gasteiger partial charge in [0.05, 0.1) is 17.8 Å². The lowest BCUT2D eigenvalue weighted by molar-refractivity contribution is -0.122. The van der Waals surface area contributed by atoms with Gasteiger partial charge in [-0.25, -0.2) is 0 Å². The summed E-state index contributed by atoms with van der Waals surface area (Å²) >= 11 is 0. The molecule has 0 atom stereocenters. The lowest BCUT2D eigenvalue weighted by atomic mass is 10.1. The molecule has 7 nitrogen and oxygen atoms in total. The molecule has 1 aromatic carbocycles. The fourth-order valence-corrected chi connectivity index (χ4v) is 2.55. The Labute approximate surface area is 159 Å². The summed E-state index contributed by atoms with van der Waals surface area (Å²) in [6, 6.07) is 6.89. The average Bonchev–Trinajstić information content (AvgIpc) is 2.89. The first-order valence-electron chi connectivity index (χ1n) is 8.78. The summed E-state index contributed by atoms with van der Waals surface area (Å²) in [6.45, 7) is 9.66. The second-order valence-corrected chi connectivity index (χ2v) is 7.58. The molecule has 0 unspecified atom stereocenters. The van der Waals surface area contributed by atoms with E-state index in [0.717, 1.165) is 11.3 Å². The zero-order chi connectivity index (χ0) is 20.2. The fourth-order valence-electron chi connectivity index (χ4n) is 2.55. The number of carbonyl (C=O) groups excluding carboxylic acids is 2. The van der Waals surface area contributed by atoms with Crippen LogP contribution in [0.3, 0.4) is 0 Å². The summed E-state index contributed by atoms with van der Waals surface area (Å²) < 4.78 is 10.9. The van der Waals surface area contributed by atoms with Crippen molar-refractivity contribution in [3.05, 3.63) is 46.8 Å². The molecule has 0 aliphatic carbocycles. The Kier molecular flexibility index (Phi) is 6.25. The number of aromatic nitrogens is 1. The first-order chi connectivity index (χ1) is 12.6. The second-order valence-electron chi connectivity index (χ2n) is 7.58. The van der Waals surface area contributed by atoms with Crippen LogP contribution in [0.5, 0.6) is 5.75 Å². The summed E-state index contributed by atoms with van der Waals surface area (Å²) in [7, 11) is 1.60. The van der Waals surface area contributed by atoms with Crippen LogP contribution in [0, 0.1) is 13.8 Å². The molecule has 1 heterocycles. The molecule has 0 saturated carbocycles. The molecule has 7 heteroatoms. The van der Waals surface area contributed by atoms with Crippen molar-refractivity contribution in [2.45, 2.75) is 46.8 Å². The van der Waals surface area contributed by atoms with Crippen LogP contribution >= 0.6 is 0 Å². The Morgan fingerprint density at radius 1 is 1.26 bits per heavy atom. The molecule has 146 valence electrons. The van der Waals surface area contributed by atoms with E-state index in [1.165, 1.54) is 4.90 Å². The highest BCUT2D eigenvalue weighted by Crippen LogP contribution is 2.19. The van der Waals surface area contributed by atoms with Crippen molar-refractivity contribution in [2.24, 2.45) is 0 Å². The van der Waals surface area contributed by atoms with E-state index in [1.807, 2.05) is 34.6 Å². The summed E-state index contributed by atoms with van der Waals surface area (Å²) in [5, 5.41) is 6.74. The molecule has 0 fully saturated rings. The van der Waals surface area contributed by atoms with Crippen molar-refractivity contribution in [1.82, 2.24) is 15.4 Å². The first kappa shape index (κ1) is 20.5. The van der Waals surface area contributed by atoms with Gasteiger partial charge < -0.3 is 19.5 Å². The van der Waals surface area contributed by atoms with Gasteiger partial charge in [-0.1, -0.05) is 11.2 Å². The molecule has 1 aromatic heterocycles. The van der Waals surface area contributed by atoms with E-state index in [1.54, 1.807) is 31.3 Å². The molecular formula is C20H27N3O4. The average molecular weight is 373 g/mol. The van der Waals surface area contributed by atoms with E-state index in [-0.39, 0.29) is 23.9 Å². The number of likely N-dealkylation sites (N-methyl/N-ethyl adjacent to an activating group) is 1. The van der Waals surface area contributed by atoms with Gasteiger partial charge in [0.1, 0.15) is 18.1 Å². The Balaban J connectivity index is 2.01. The minimum atomic E-state index is -0.340. The van der Waals surface area contributed by atoms with Gasteiger partial charge in [0.25, 0.3) is 5.91 Å². The monoisotopic (exact) mass is 373 g/mol. The molecule has 0 aliphatic rings. The Bertz CT molecular complexity index is 801. The lowest BCUT2D eigenvalue weighted by Gasteiger charge is -2.23. The molecular weight excluding hydrogens is 346 g/mol. The number of carbonyl (C=O) groups is 2. The van der Waals surface area contributed by atoms with Crippen molar-refractivity contribution in [3.63, 3.8) is 0 Å². The molecule has 0 radical (unpaired) electrons. The molecule has 0 saturated heterocycles. The zero-order valence-corrected chi connectivity index (χ0v) is 16.8. The van der Waals surface area contributed by atoms with E-state index >= 15 is 0 Å². The van der Waals surface area contributed by atoms with Crippen molar-refractivity contribution < 1.29 is 18.8 Å². The molecule has 0 bridgehead atoms. The van der Waals surface area contributed by atoms with E-state index in [9.17, 15) is 9.59 Å². The number of nitrogens with zero attached hydrogens (tertiary/aromatic N) is 2. The van der Waals surface area contributed by atoms with Gasteiger partial charge in [-0.2, -0.15) is 0 Å². The van der Waals surface area contributed by atoms with Crippen LogP contribution in [-0.4, -0.2) is 41.0 Å². The largest absolute Gasteiger partial charge is 0.489 e. The maximum atomic E-state index is 12.6. The maximum absolute atomic E-state index is 12.6. The summed E-state index contributed by atoms with van der Waals surface area (Å²) in [6.07, 6.45) is 0. The minimum Gasteiger partial charge on any atom is -0.489 e. The van der Waals surface area contributed by atoms with E-state index in [2.05, 4.69) is 10.5 Å². The summed E-state index contributed by atoms with van der Waals surface area (Å²) in [5.74, 6) is 0.823. The predicted molar refractivity (Wildman–Crippen MR) is 102 cm³/mol. The van der Waals surface area contributed by atoms with Crippen LogP contribution in [0.1, 0.15) is 48.1 Å². The van der Waals surface area contributed by atoms with Gasteiger partial charge in [0, 0.05) is 18.2 Å². The molecule has 1 N–H and O–H groups in total. The minimum absolute atomic E-state index is 0.0136. The van der Waals surface area contributed by atoms with E-state index in [0.29, 0.717) is 23.7 Å². The quantitative estimate of drug-likeness (QED) is 0.842. The van der Waals surface area contributed by atoms with Crippen LogP contribution in [0.25, 0.3) is 0 Å². The van der Waals surface area contributed by atoms with Gasteiger partial charge in [0.15, 0.2) is 0 Å². The fraction of sp³-hybridized carbons (Fsp3) is 0.450. The van der Waals surface area contributed by atoms with Gasteiger partial charge in [0.2, 0.25) is 5.91 Å². The number of nitrogens with one attached hydrogen (secondary N) is 1. The molecule has 2 amide bonds. The normalized spacial score (nSPS) is 11.2. The zero-order valence-electron chi connectivity index (χ0n) is 16.8. The lowest BCUT2D eigenvalue weighted by Crippen LogP contribution is -2.46. The van der Waals surface area contributed by atoms with Crippen LogP contribution in [0.15, 0.2) is 28.8 Å². The Hall–Kier alpha value is -2.83. The van der Waals surface area contributed by atoms with Crippen molar-refractivity contribution in [3.8, 4) is 5.75 Å². The number of aryl methyl sites for hydroxylation is 2. The number of rotatable bonds is 6. The summed E-state index contributed by atoms with van der Waals surface area (Å²) in [4.78, 5) is 26.0. The number of ether oxygens (including phenoxy) is 1. The highest BCUT2D eigenvalue weighted by Gasteiger charge is 2.19. The molecule has 0 aliphatic heterocycles. The summed E-state index contributed by atoms with van der Waals surface area (Å²) in [5.41, 5.74) is 1.79. The van der Waals surface area contributed by atoms with Gasteiger partial charge in [-0.05, 0) is 52.8 Å². The molecule has 0 spiro atoms. The van der Waals surface area contributed by atoms with Crippen molar-refractivity contribution in [1.29, 1.82) is 0 Å². The number of hydrogen-bond donors (Lipinski definition) is 1. The number of benzene rings is 1. The third-order valence-corrected chi connectivity index (χ3v) is 3.89. The molecule has 2 rings (SSSR count). The predicted octanol–water partition coefficient (Wildman–Crippen LogP) is 2.86. The molecule has 27 heavy (non-hydrogen) atoms. The van der Waals surface area contributed by atoms with E-state index < -0.39 is 0 Å². The highest BCUT2D eigenvalue weighted by molar-refractivity contribution is 5.96. The standard InChI is InChI=1S/C20H27N3O4/c1-13-17(14(2)27-22-13)12-26-16-9-7-8-15(10-16)19(25)23(6)11-18(24)21-20(3,4)5/h7-10H,11-12H2,1-6H3,(H,21,24). The van der Waals surface area contributed by atoms with Crippen LogP contribution in [-0.2, 0) is 11.4 Å². The maximum Gasteiger partial charge on any atom is 0.254 e. The van der Waals surface area contributed by atoms with Gasteiger partial charge in [-0.15, -0.1) is 0 Å². The van der Waals surface area contributed by atoms with Crippen molar-refractivity contribution >= 4 is 11.8 Å². The van der Waals surface area contributed by atoms with Crippen LogP contribution in [0.2, 0.25) is 0 Å². The number of amides is 2. The second kappa shape index (κ2) is 8.24. The number of hydrogen-bond acceptors (Lipinski definition) is 5.